The molecule has 22 heavy (non-hydrogen) atoms. The van der Waals surface area contributed by atoms with Crippen LogP contribution in [0.3, 0.4) is 0 Å². The molecule has 0 amide bonds. The van der Waals surface area contributed by atoms with Gasteiger partial charge in [-0.05, 0) is 35.5 Å². The van der Waals surface area contributed by atoms with Crippen molar-refractivity contribution in [1.29, 1.82) is 0 Å². The Kier molecular flexibility index (Phi) is 3.46. The Bertz CT molecular complexity index is 861. The molecule has 7 heteroatoms. The number of rotatable bonds is 4. The maximum atomic E-state index is 13.4. The van der Waals surface area contributed by atoms with Crippen LogP contribution >= 0.6 is 0 Å². The van der Waals surface area contributed by atoms with Gasteiger partial charge in [-0.1, -0.05) is 0 Å². The van der Waals surface area contributed by atoms with Crippen LogP contribution in [0.5, 0.6) is 11.5 Å². The molecule has 0 atom stereocenters. The Morgan fingerprint density at radius 2 is 1.91 bits per heavy atom. The second-order valence-electron chi connectivity index (χ2n) is 4.52. The van der Waals surface area contributed by atoms with Gasteiger partial charge in [-0.25, -0.2) is 9.37 Å². The summed E-state index contributed by atoms with van der Waals surface area (Å²) < 4.78 is 25.1. The zero-order valence-corrected chi connectivity index (χ0v) is 11.9. The summed E-state index contributed by atoms with van der Waals surface area (Å²) in [5.41, 5.74) is 1.40. The summed E-state index contributed by atoms with van der Waals surface area (Å²) in [7, 11) is 3.04. The SMILES string of the molecule is COc1ccc(-c2nc3ccc(F)cn3c2N=O)cc1OC. The third kappa shape index (κ3) is 2.16. The summed E-state index contributed by atoms with van der Waals surface area (Å²) in [6.45, 7) is 0. The first-order valence-corrected chi connectivity index (χ1v) is 6.41. The molecule has 0 fully saturated rings. The lowest BCUT2D eigenvalue weighted by atomic mass is 10.1. The van der Waals surface area contributed by atoms with E-state index in [0.29, 0.717) is 28.4 Å². The molecule has 0 aliphatic carbocycles. The number of pyridine rings is 1. The molecule has 0 aliphatic rings. The van der Waals surface area contributed by atoms with E-state index in [1.807, 2.05) is 0 Å². The molecule has 2 aromatic heterocycles. The minimum atomic E-state index is -0.478. The van der Waals surface area contributed by atoms with Crippen LogP contribution in [0.2, 0.25) is 0 Å². The molecule has 0 saturated heterocycles. The predicted octanol–water partition coefficient (Wildman–Crippen LogP) is 3.56. The van der Waals surface area contributed by atoms with Gasteiger partial charge in [-0.3, -0.25) is 4.40 Å². The van der Waals surface area contributed by atoms with E-state index in [1.165, 1.54) is 36.9 Å². The number of benzene rings is 1. The second-order valence-corrected chi connectivity index (χ2v) is 4.52. The van der Waals surface area contributed by atoms with Crippen molar-refractivity contribution in [2.45, 2.75) is 0 Å². The number of halogens is 1. The van der Waals surface area contributed by atoms with Crippen molar-refractivity contribution in [3.8, 4) is 22.8 Å². The lowest BCUT2D eigenvalue weighted by Crippen LogP contribution is -1.91. The highest BCUT2D eigenvalue weighted by Gasteiger charge is 2.17. The van der Waals surface area contributed by atoms with Crippen molar-refractivity contribution < 1.29 is 13.9 Å². The van der Waals surface area contributed by atoms with E-state index < -0.39 is 5.82 Å². The van der Waals surface area contributed by atoms with E-state index in [4.69, 9.17) is 9.47 Å². The number of ether oxygens (including phenoxy) is 2. The Morgan fingerprint density at radius 1 is 1.14 bits per heavy atom. The summed E-state index contributed by atoms with van der Waals surface area (Å²) in [6.07, 6.45) is 1.17. The van der Waals surface area contributed by atoms with Crippen molar-refractivity contribution >= 4 is 11.5 Å². The van der Waals surface area contributed by atoms with E-state index in [-0.39, 0.29) is 5.82 Å². The van der Waals surface area contributed by atoms with Crippen LogP contribution in [0, 0.1) is 10.7 Å². The van der Waals surface area contributed by atoms with Gasteiger partial charge in [-0.2, -0.15) is 0 Å². The molecule has 1 aromatic carbocycles. The van der Waals surface area contributed by atoms with Crippen LogP contribution < -0.4 is 9.47 Å². The zero-order chi connectivity index (χ0) is 15.7. The fourth-order valence-electron chi connectivity index (χ4n) is 2.27. The Morgan fingerprint density at radius 3 is 2.59 bits per heavy atom. The number of methoxy groups -OCH3 is 2. The molecule has 3 rings (SSSR count). The molecular formula is C15H12FN3O3. The average molecular weight is 301 g/mol. The topological polar surface area (TPSA) is 65.2 Å². The molecule has 0 bridgehead atoms. The van der Waals surface area contributed by atoms with E-state index in [9.17, 15) is 9.30 Å². The number of fused-ring (bicyclic) bond motifs is 1. The van der Waals surface area contributed by atoms with Gasteiger partial charge in [0.1, 0.15) is 17.2 Å². The number of imidazole rings is 1. The molecule has 0 radical (unpaired) electrons. The maximum absolute atomic E-state index is 13.4. The van der Waals surface area contributed by atoms with Crippen LogP contribution in [0.25, 0.3) is 16.9 Å². The van der Waals surface area contributed by atoms with Crippen molar-refractivity contribution in [2.75, 3.05) is 14.2 Å². The van der Waals surface area contributed by atoms with E-state index in [1.54, 1.807) is 18.2 Å². The minimum Gasteiger partial charge on any atom is -0.493 e. The fourth-order valence-corrected chi connectivity index (χ4v) is 2.27. The molecule has 0 unspecified atom stereocenters. The van der Waals surface area contributed by atoms with Crippen LogP contribution in [-0.4, -0.2) is 23.6 Å². The smallest absolute Gasteiger partial charge is 0.209 e. The molecule has 6 nitrogen and oxygen atoms in total. The van der Waals surface area contributed by atoms with Gasteiger partial charge in [0.25, 0.3) is 0 Å². The van der Waals surface area contributed by atoms with E-state index in [2.05, 4.69) is 10.2 Å². The number of aromatic nitrogens is 2. The van der Waals surface area contributed by atoms with Crippen LogP contribution in [0.1, 0.15) is 0 Å². The van der Waals surface area contributed by atoms with Crippen molar-refractivity contribution in [2.24, 2.45) is 5.18 Å². The van der Waals surface area contributed by atoms with Crippen molar-refractivity contribution in [1.82, 2.24) is 9.38 Å². The monoisotopic (exact) mass is 301 g/mol. The van der Waals surface area contributed by atoms with Gasteiger partial charge in [-0.15, -0.1) is 4.91 Å². The summed E-state index contributed by atoms with van der Waals surface area (Å²) >= 11 is 0. The number of hydrogen-bond acceptors (Lipinski definition) is 5. The molecule has 3 aromatic rings. The molecule has 0 aliphatic heterocycles. The first kappa shape index (κ1) is 14.0. The van der Waals surface area contributed by atoms with Gasteiger partial charge in [0.05, 0.1) is 14.2 Å². The largest absolute Gasteiger partial charge is 0.493 e. The number of nitrogens with zero attached hydrogens (tertiary/aromatic N) is 3. The average Bonchev–Trinajstić information content (AvgIpc) is 2.91. The highest BCUT2D eigenvalue weighted by Crippen LogP contribution is 2.36. The van der Waals surface area contributed by atoms with E-state index in [0.717, 1.165) is 0 Å². The molecule has 0 N–H and O–H groups in total. The normalized spacial score (nSPS) is 10.7. The van der Waals surface area contributed by atoms with Crippen molar-refractivity contribution in [3.63, 3.8) is 0 Å². The summed E-state index contributed by atoms with van der Waals surface area (Å²) in [5.74, 6) is 0.608. The summed E-state index contributed by atoms with van der Waals surface area (Å²) in [4.78, 5) is 15.5. The van der Waals surface area contributed by atoms with Crippen LogP contribution in [0.15, 0.2) is 41.7 Å². The number of nitroso groups, excluding NO2 is 1. The molecule has 0 saturated carbocycles. The fraction of sp³-hybridized carbons (Fsp3) is 0.133. The van der Waals surface area contributed by atoms with Gasteiger partial charge in [0, 0.05) is 11.8 Å². The lowest BCUT2D eigenvalue weighted by molar-refractivity contribution is 0.355. The third-order valence-electron chi connectivity index (χ3n) is 3.30. The zero-order valence-electron chi connectivity index (χ0n) is 11.9. The quantitative estimate of drug-likeness (QED) is 0.691. The number of hydrogen-bond donors (Lipinski definition) is 0. The van der Waals surface area contributed by atoms with Crippen LogP contribution in [0.4, 0.5) is 10.2 Å². The summed E-state index contributed by atoms with van der Waals surface area (Å²) in [5, 5.41) is 2.99. The van der Waals surface area contributed by atoms with Gasteiger partial charge < -0.3 is 9.47 Å². The first-order valence-electron chi connectivity index (χ1n) is 6.41. The highest BCUT2D eigenvalue weighted by atomic mass is 19.1. The Balaban J connectivity index is 2.23. The van der Waals surface area contributed by atoms with Gasteiger partial charge in [0.2, 0.25) is 5.82 Å². The molecular weight excluding hydrogens is 289 g/mol. The predicted molar refractivity (Wildman–Crippen MR) is 79.1 cm³/mol. The van der Waals surface area contributed by atoms with Gasteiger partial charge >= 0.3 is 0 Å². The summed E-state index contributed by atoms with van der Waals surface area (Å²) in [6, 6.07) is 7.87. The molecule has 112 valence electrons. The van der Waals surface area contributed by atoms with Crippen LogP contribution in [-0.2, 0) is 0 Å². The molecule has 2 heterocycles. The van der Waals surface area contributed by atoms with Crippen molar-refractivity contribution in [3.05, 3.63) is 47.3 Å². The molecule has 0 spiro atoms. The minimum absolute atomic E-state index is 0.0294. The first-order chi connectivity index (χ1) is 10.7. The maximum Gasteiger partial charge on any atom is 0.209 e. The Labute approximate surface area is 125 Å². The van der Waals surface area contributed by atoms with Gasteiger partial charge in [0.15, 0.2) is 11.5 Å². The highest BCUT2D eigenvalue weighted by molar-refractivity contribution is 5.76. The lowest BCUT2D eigenvalue weighted by Gasteiger charge is -2.08. The second kappa shape index (κ2) is 5.44. The standard InChI is InChI=1S/C15H12FN3O3/c1-21-11-5-3-9(7-12(11)22-2)14-15(18-20)19-8-10(16)4-6-13(19)17-14/h3-8H,1-2H3. The Hall–Kier alpha value is -2.96. The van der Waals surface area contributed by atoms with E-state index >= 15 is 0 Å². The third-order valence-corrected chi connectivity index (χ3v) is 3.30.